The van der Waals surface area contributed by atoms with Crippen LogP contribution in [0.25, 0.3) is 0 Å². The van der Waals surface area contributed by atoms with Crippen molar-refractivity contribution in [2.24, 2.45) is 0 Å². The molecular formula is C9H7BrF4O. The number of alkyl halides is 3. The van der Waals surface area contributed by atoms with Crippen molar-refractivity contribution in [1.82, 2.24) is 0 Å². The molecule has 0 aromatic heterocycles. The molecule has 0 aliphatic heterocycles. The van der Waals surface area contributed by atoms with Gasteiger partial charge in [-0.25, -0.2) is 8.78 Å². The second-order valence-corrected chi connectivity index (χ2v) is 4.19. The van der Waals surface area contributed by atoms with Gasteiger partial charge in [0.15, 0.2) is 5.60 Å². The topological polar surface area (TPSA) is 20.2 Å². The lowest BCUT2D eigenvalue weighted by molar-refractivity contribution is -0.111. The molecule has 0 aliphatic carbocycles. The maximum atomic E-state index is 13.1. The van der Waals surface area contributed by atoms with Crippen molar-refractivity contribution >= 4 is 15.9 Å². The van der Waals surface area contributed by atoms with Crippen molar-refractivity contribution in [3.8, 4) is 0 Å². The molecule has 0 saturated heterocycles. The predicted molar refractivity (Wildman–Crippen MR) is 49.8 cm³/mol. The molecule has 0 heterocycles. The first-order chi connectivity index (χ1) is 6.66. The highest BCUT2D eigenvalue weighted by molar-refractivity contribution is 9.10. The van der Waals surface area contributed by atoms with Crippen LogP contribution in [-0.4, -0.2) is 9.94 Å². The summed E-state index contributed by atoms with van der Waals surface area (Å²) in [7, 11) is 0. The van der Waals surface area contributed by atoms with Crippen LogP contribution in [0, 0.1) is 11.6 Å². The summed E-state index contributed by atoms with van der Waals surface area (Å²) in [5.74, 6) is -2.00. The Morgan fingerprint density at radius 1 is 1.27 bits per heavy atom. The lowest BCUT2D eigenvalue weighted by Gasteiger charge is -2.28. The van der Waals surface area contributed by atoms with Crippen LogP contribution in [-0.2, 0) is 5.60 Å². The average Bonchev–Trinajstić information content (AvgIpc) is 2.07. The van der Waals surface area contributed by atoms with Gasteiger partial charge in [0.2, 0.25) is 0 Å². The largest absolute Gasteiger partial charge is 0.378 e. The average molecular weight is 287 g/mol. The van der Waals surface area contributed by atoms with Crippen LogP contribution >= 0.6 is 15.9 Å². The van der Waals surface area contributed by atoms with E-state index in [0.29, 0.717) is 19.1 Å². The minimum absolute atomic E-state index is 0.532. The minimum atomic E-state index is -3.76. The summed E-state index contributed by atoms with van der Waals surface area (Å²) >= 11 is 1.92. The van der Waals surface area contributed by atoms with Gasteiger partial charge in [-0.3, -0.25) is 0 Å². The summed E-state index contributed by atoms with van der Waals surface area (Å²) in [6, 6.07) is 1.99. The first kappa shape index (κ1) is 12.4. The fourth-order valence-electron chi connectivity index (χ4n) is 1.02. The Labute approximate surface area is 91.9 Å². The van der Waals surface area contributed by atoms with E-state index < -0.39 is 27.6 Å². The van der Waals surface area contributed by atoms with E-state index in [2.05, 4.69) is 0 Å². The van der Waals surface area contributed by atoms with Gasteiger partial charge < -0.3 is 5.11 Å². The molecule has 1 aromatic carbocycles. The highest BCUT2D eigenvalue weighted by Crippen LogP contribution is 2.42. The van der Waals surface area contributed by atoms with Gasteiger partial charge in [0.1, 0.15) is 11.6 Å². The van der Waals surface area contributed by atoms with Crippen LogP contribution in [0.2, 0.25) is 0 Å². The summed E-state index contributed by atoms with van der Waals surface area (Å²) in [5, 5.41) is 9.42. The monoisotopic (exact) mass is 286 g/mol. The van der Waals surface area contributed by atoms with E-state index in [1.165, 1.54) is 0 Å². The zero-order chi connectivity index (χ0) is 11.9. The summed E-state index contributed by atoms with van der Waals surface area (Å²) in [6.45, 7) is 0.694. The van der Waals surface area contributed by atoms with Crippen molar-refractivity contribution in [2.45, 2.75) is 17.4 Å². The molecule has 15 heavy (non-hydrogen) atoms. The second-order valence-electron chi connectivity index (χ2n) is 3.19. The smallest absolute Gasteiger partial charge is 0.333 e. The number of hydrogen-bond acceptors (Lipinski definition) is 1. The van der Waals surface area contributed by atoms with Crippen molar-refractivity contribution in [1.29, 1.82) is 0 Å². The molecule has 0 radical (unpaired) electrons. The van der Waals surface area contributed by atoms with Gasteiger partial charge in [0.05, 0.1) is 0 Å². The molecule has 6 heteroatoms. The molecule has 1 rings (SSSR count). The Morgan fingerprint density at radius 2 is 1.80 bits per heavy atom. The van der Waals surface area contributed by atoms with E-state index in [1.54, 1.807) is 0 Å². The Bertz CT molecular complexity index is 373. The second kappa shape index (κ2) is 3.75. The highest BCUT2D eigenvalue weighted by Gasteiger charge is 2.49. The quantitative estimate of drug-likeness (QED) is 0.654. The molecule has 1 aromatic rings. The molecule has 0 bridgehead atoms. The van der Waals surface area contributed by atoms with Gasteiger partial charge in [0, 0.05) is 5.56 Å². The van der Waals surface area contributed by atoms with Crippen LogP contribution in [0.4, 0.5) is 17.6 Å². The Morgan fingerprint density at radius 3 is 2.27 bits per heavy atom. The Kier molecular flexibility index (Phi) is 3.11. The molecule has 0 saturated carbocycles. The number of hydrogen-bond donors (Lipinski definition) is 1. The van der Waals surface area contributed by atoms with Crippen molar-refractivity contribution < 1.29 is 22.7 Å². The standard InChI is InChI=1S/C9H7BrF4O/c1-8(15,9(10,13)14)6-4-5(11)2-3-7(6)12/h2-4,15H,1H3. The summed E-state index contributed by atoms with van der Waals surface area (Å²) in [5.41, 5.74) is -3.62. The van der Waals surface area contributed by atoms with Crippen LogP contribution in [0.5, 0.6) is 0 Å². The molecule has 84 valence electrons. The number of halogens is 5. The minimum Gasteiger partial charge on any atom is -0.378 e. The first-order valence-electron chi connectivity index (χ1n) is 3.91. The van der Waals surface area contributed by atoms with Crippen molar-refractivity contribution in [2.75, 3.05) is 0 Å². The zero-order valence-electron chi connectivity index (χ0n) is 7.57. The summed E-state index contributed by atoms with van der Waals surface area (Å²) < 4.78 is 51.6. The van der Waals surface area contributed by atoms with Crippen molar-refractivity contribution in [3.63, 3.8) is 0 Å². The number of benzene rings is 1. The van der Waals surface area contributed by atoms with Gasteiger partial charge >= 0.3 is 4.83 Å². The fraction of sp³-hybridized carbons (Fsp3) is 0.333. The molecule has 1 N–H and O–H groups in total. The van der Waals surface area contributed by atoms with E-state index in [-0.39, 0.29) is 0 Å². The summed E-state index contributed by atoms with van der Waals surface area (Å²) in [4.78, 5) is -3.76. The lowest BCUT2D eigenvalue weighted by Crippen LogP contribution is -2.38. The Hall–Kier alpha value is -0.620. The van der Waals surface area contributed by atoms with Gasteiger partial charge in [-0.05, 0) is 41.1 Å². The molecule has 0 fully saturated rings. The van der Waals surface area contributed by atoms with E-state index >= 15 is 0 Å². The maximum absolute atomic E-state index is 13.1. The normalized spacial score (nSPS) is 16.2. The van der Waals surface area contributed by atoms with Crippen LogP contribution < -0.4 is 0 Å². The number of aliphatic hydroxyl groups is 1. The van der Waals surface area contributed by atoms with Crippen molar-refractivity contribution in [3.05, 3.63) is 35.4 Å². The highest BCUT2D eigenvalue weighted by atomic mass is 79.9. The third-order valence-electron chi connectivity index (χ3n) is 2.00. The molecular weight excluding hydrogens is 280 g/mol. The predicted octanol–water partition coefficient (Wildman–Crippen LogP) is 3.16. The van der Waals surface area contributed by atoms with Crippen LogP contribution in [0.3, 0.4) is 0 Å². The summed E-state index contributed by atoms with van der Waals surface area (Å²) in [6.07, 6.45) is 0. The molecule has 1 atom stereocenters. The number of rotatable bonds is 2. The van der Waals surface area contributed by atoms with Crippen LogP contribution in [0.1, 0.15) is 12.5 Å². The van der Waals surface area contributed by atoms with E-state index in [0.717, 1.165) is 6.07 Å². The van der Waals surface area contributed by atoms with E-state index in [4.69, 9.17) is 0 Å². The molecule has 0 spiro atoms. The van der Waals surface area contributed by atoms with Gasteiger partial charge in [-0.2, -0.15) is 8.78 Å². The molecule has 0 aliphatic rings. The first-order valence-corrected chi connectivity index (χ1v) is 4.70. The van der Waals surface area contributed by atoms with Crippen LogP contribution in [0.15, 0.2) is 18.2 Å². The SMILES string of the molecule is CC(O)(c1cc(F)ccc1F)C(F)(F)Br. The fourth-order valence-corrected chi connectivity index (χ4v) is 1.24. The van der Waals surface area contributed by atoms with E-state index in [1.807, 2.05) is 15.9 Å². The maximum Gasteiger partial charge on any atom is 0.333 e. The van der Waals surface area contributed by atoms with Gasteiger partial charge in [-0.15, -0.1) is 0 Å². The zero-order valence-corrected chi connectivity index (χ0v) is 9.16. The van der Waals surface area contributed by atoms with Gasteiger partial charge in [-0.1, -0.05) is 0 Å². The molecule has 1 unspecified atom stereocenters. The third-order valence-corrected chi connectivity index (χ3v) is 2.78. The Balaban J connectivity index is 3.32. The molecule has 1 nitrogen and oxygen atoms in total. The third kappa shape index (κ3) is 2.31. The van der Waals surface area contributed by atoms with Gasteiger partial charge in [0.25, 0.3) is 0 Å². The molecule has 0 amide bonds. The van der Waals surface area contributed by atoms with E-state index in [9.17, 15) is 22.7 Å². The lowest BCUT2D eigenvalue weighted by atomic mass is 9.96.